The van der Waals surface area contributed by atoms with E-state index in [1.165, 1.54) is 0 Å². The van der Waals surface area contributed by atoms with Crippen LogP contribution in [0.3, 0.4) is 0 Å². The minimum atomic E-state index is 0.284. The van der Waals surface area contributed by atoms with Crippen molar-refractivity contribution >= 4 is 11.7 Å². The van der Waals surface area contributed by atoms with E-state index in [1.54, 1.807) is 0 Å². The standard InChI is InChI=1S/C18H32N2O2/c1-4-9-20-13-14(11-18(22)19(5-2)6-3)10-15-12-16(21)7-8-17(15)20/h14-15,17H,4-13H2,1-3H3/t14-,15-,17-/m1/s1. The highest BCUT2D eigenvalue weighted by atomic mass is 16.2. The Kier molecular flexibility index (Phi) is 6.42. The molecule has 1 aliphatic carbocycles. The molecule has 0 aromatic heterocycles. The van der Waals surface area contributed by atoms with E-state index in [0.29, 0.717) is 30.1 Å². The third-order valence-corrected chi connectivity index (χ3v) is 5.44. The smallest absolute Gasteiger partial charge is 0.222 e. The molecular weight excluding hydrogens is 276 g/mol. The Bertz CT molecular complexity index is 393. The molecule has 1 amide bonds. The summed E-state index contributed by atoms with van der Waals surface area (Å²) >= 11 is 0. The molecule has 4 heteroatoms. The number of hydrogen-bond donors (Lipinski definition) is 0. The van der Waals surface area contributed by atoms with E-state index in [0.717, 1.165) is 58.3 Å². The van der Waals surface area contributed by atoms with Crippen LogP contribution in [0.4, 0.5) is 0 Å². The van der Waals surface area contributed by atoms with Gasteiger partial charge in [-0.2, -0.15) is 0 Å². The van der Waals surface area contributed by atoms with Crippen molar-refractivity contribution in [2.24, 2.45) is 11.8 Å². The van der Waals surface area contributed by atoms with E-state index in [4.69, 9.17) is 0 Å². The van der Waals surface area contributed by atoms with Crippen LogP contribution in [-0.4, -0.2) is 53.7 Å². The molecule has 126 valence electrons. The minimum absolute atomic E-state index is 0.284. The highest BCUT2D eigenvalue weighted by molar-refractivity contribution is 5.79. The zero-order valence-corrected chi connectivity index (χ0v) is 14.5. The number of fused-ring (bicyclic) bond motifs is 1. The van der Waals surface area contributed by atoms with Crippen LogP contribution in [-0.2, 0) is 9.59 Å². The van der Waals surface area contributed by atoms with Gasteiger partial charge >= 0.3 is 0 Å². The van der Waals surface area contributed by atoms with Crippen molar-refractivity contribution in [3.63, 3.8) is 0 Å². The zero-order chi connectivity index (χ0) is 16.1. The molecular formula is C18H32N2O2. The van der Waals surface area contributed by atoms with Crippen LogP contribution in [0.1, 0.15) is 59.3 Å². The van der Waals surface area contributed by atoms with Gasteiger partial charge in [-0.1, -0.05) is 6.92 Å². The molecule has 0 N–H and O–H groups in total. The van der Waals surface area contributed by atoms with Crippen LogP contribution in [0, 0.1) is 11.8 Å². The summed E-state index contributed by atoms with van der Waals surface area (Å²) in [5.41, 5.74) is 0. The van der Waals surface area contributed by atoms with Gasteiger partial charge in [0.15, 0.2) is 0 Å². The highest BCUT2D eigenvalue weighted by Crippen LogP contribution is 2.37. The average molecular weight is 308 g/mol. The van der Waals surface area contributed by atoms with Crippen LogP contribution in [0.15, 0.2) is 0 Å². The fourth-order valence-corrected chi connectivity index (χ4v) is 4.41. The Morgan fingerprint density at radius 1 is 1.27 bits per heavy atom. The summed E-state index contributed by atoms with van der Waals surface area (Å²) < 4.78 is 0. The topological polar surface area (TPSA) is 40.6 Å². The van der Waals surface area contributed by atoms with Crippen LogP contribution in [0.25, 0.3) is 0 Å². The largest absolute Gasteiger partial charge is 0.343 e. The van der Waals surface area contributed by atoms with Gasteiger partial charge in [0.1, 0.15) is 5.78 Å². The molecule has 2 rings (SSSR count). The van der Waals surface area contributed by atoms with Crippen molar-refractivity contribution < 1.29 is 9.59 Å². The van der Waals surface area contributed by atoms with Crippen molar-refractivity contribution in [1.29, 1.82) is 0 Å². The van der Waals surface area contributed by atoms with E-state index in [9.17, 15) is 9.59 Å². The molecule has 0 spiro atoms. The van der Waals surface area contributed by atoms with E-state index in [-0.39, 0.29) is 5.91 Å². The molecule has 1 heterocycles. The molecule has 4 nitrogen and oxygen atoms in total. The third kappa shape index (κ3) is 4.09. The molecule has 0 aromatic rings. The molecule has 0 radical (unpaired) electrons. The van der Waals surface area contributed by atoms with Crippen LogP contribution < -0.4 is 0 Å². The summed E-state index contributed by atoms with van der Waals surface area (Å²) in [6.45, 7) is 10.0. The lowest BCUT2D eigenvalue weighted by atomic mass is 9.73. The normalized spacial score (nSPS) is 29.2. The number of likely N-dealkylation sites (tertiary alicyclic amines) is 1. The molecule has 2 fully saturated rings. The van der Waals surface area contributed by atoms with Gasteiger partial charge in [-0.25, -0.2) is 0 Å². The van der Waals surface area contributed by atoms with Crippen LogP contribution in [0.5, 0.6) is 0 Å². The Labute approximate surface area is 135 Å². The number of hydrogen-bond acceptors (Lipinski definition) is 3. The minimum Gasteiger partial charge on any atom is -0.343 e. The van der Waals surface area contributed by atoms with Gasteiger partial charge in [-0.05, 0) is 51.5 Å². The zero-order valence-electron chi connectivity index (χ0n) is 14.5. The van der Waals surface area contributed by atoms with E-state index in [1.807, 2.05) is 18.7 Å². The first-order chi connectivity index (χ1) is 10.6. The number of amides is 1. The summed E-state index contributed by atoms with van der Waals surface area (Å²) in [5.74, 6) is 1.61. The summed E-state index contributed by atoms with van der Waals surface area (Å²) in [5, 5.41) is 0. The SMILES string of the molecule is CCCN1C[C@@H](CC(=O)N(CC)CC)C[C@@H]2CC(=O)CC[C@H]21. The average Bonchev–Trinajstić information content (AvgIpc) is 2.48. The number of Topliss-reactive ketones (excluding diaryl/α,β-unsaturated/α-hetero) is 1. The first kappa shape index (κ1) is 17.5. The number of carbonyl (C=O) groups excluding carboxylic acids is 2. The molecule has 1 aliphatic heterocycles. The lowest BCUT2D eigenvalue weighted by Crippen LogP contribution is -2.52. The van der Waals surface area contributed by atoms with Gasteiger partial charge in [0.05, 0.1) is 0 Å². The van der Waals surface area contributed by atoms with E-state index >= 15 is 0 Å². The highest BCUT2D eigenvalue weighted by Gasteiger charge is 2.39. The van der Waals surface area contributed by atoms with Gasteiger partial charge in [0.2, 0.25) is 5.91 Å². The van der Waals surface area contributed by atoms with Gasteiger partial charge < -0.3 is 4.90 Å². The summed E-state index contributed by atoms with van der Waals surface area (Å²) in [6.07, 6.45) is 5.38. The van der Waals surface area contributed by atoms with Crippen molar-refractivity contribution in [2.75, 3.05) is 26.2 Å². The summed E-state index contributed by atoms with van der Waals surface area (Å²) in [4.78, 5) is 28.7. The molecule has 1 saturated carbocycles. The van der Waals surface area contributed by atoms with Crippen molar-refractivity contribution in [2.45, 2.75) is 65.3 Å². The molecule has 1 saturated heterocycles. The second kappa shape index (κ2) is 8.09. The number of carbonyl (C=O) groups is 2. The van der Waals surface area contributed by atoms with Crippen molar-refractivity contribution in [3.8, 4) is 0 Å². The Hall–Kier alpha value is -0.900. The van der Waals surface area contributed by atoms with Gasteiger partial charge in [-0.3, -0.25) is 14.5 Å². The fourth-order valence-electron chi connectivity index (χ4n) is 4.41. The molecule has 0 unspecified atom stereocenters. The van der Waals surface area contributed by atoms with Crippen LogP contribution in [0.2, 0.25) is 0 Å². The second-order valence-corrected chi connectivity index (χ2v) is 6.98. The number of rotatable bonds is 6. The number of piperidine rings is 1. The first-order valence-electron chi connectivity index (χ1n) is 9.12. The van der Waals surface area contributed by atoms with Gasteiger partial charge in [0, 0.05) is 44.9 Å². The monoisotopic (exact) mass is 308 g/mol. The summed E-state index contributed by atoms with van der Waals surface area (Å²) in [7, 11) is 0. The van der Waals surface area contributed by atoms with E-state index < -0.39 is 0 Å². The summed E-state index contributed by atoms with van der Waals surface area (Å²) in [6, 6.07) is 0.581. The lowest BCUT2D eigenvalue weighted by molar-refractivity contribution is -0.133. The van der Waals surface area contributed by atoms with E-state index in [2.05, 4.69) is 11.8 Å². The Morgan fingerprint density at radius 2 is 2.00 bits per heavy atom. The predicted molar refractivity (Wildman–Crippen MR) is 88.7 cm³/mol. The van der Waals surface area contributed by atoms with Gasteiger partial charge in [0.25, 0.3) is 0 Å². The Balaban J connectivity index is 2.00. The lowest BCUT2D eigenvalue weighted by Gasteiger charge is -2.47. The number of nitrogens with zero attached hydrogens (tertiary/aromatic N) is 2. The second-order valence-electron chi connectivity index (χ2n) is 6.98. The molecule has 22 heavy (non-hydrogen) atoms. The maximum atomic E-state index is 12.4. The van der Waals surface area contributed by atoms with Gasteiger partial charge in [-0.15, -0.1) is 0 Å². The quantitative estimate of drug-likeness (QED) is 0.757. The number of ketones is 1. The van der Waals surface area contributed by atoms with Crippen molar-refractivity contribution in [3.05, 3.63) is 0 Å². The third-order valence-electron chi connectivity index (χ3n) is 5.44. The maximum Gasteiger partial charge on any atom is 0.222 e. The Morgan fingerprint density at radius 3 is 2.64 bits per heavy atom. The van der Waals surface area contributed by atoms with Crippen LogP contribution >= 0.6 is 0 Å². The molecule has 3 atom stereocenters. The maximum absolute atomic E-state index is 12.4. The molecule has 2 aliphatic rings. The molecule has 0 bridgehead atoms. The first-order valence-corrected chi connectivity index (χ1v) is 9.12. The predicted octanol–water partition coefficient (Wildman–Crippen LogP) is 2.71. The van der Waals surface area contributed by atoms with Crippen molar-refractivity contribution in [1.82, 2.24) is 9.80 Å². The molecule has 0 aromatic carbocycles. The fraction of sp³-hybridized carbons (Fsp3) is 0.889.